The molecule has 0 aliphatic carbocycles. The molecule has 0 amide bonds. The van der Waals surface area contributed by atoms with Crippen LogP contribution < -0.4 is 0 Å². The maximum absolute atomic E-state index is 2.36. The monoisotopic (exact) mass is 169 g/mol. The summed E-state index contributed by atoms with van der Waals surface area (Å²) in [6, 6.07) is 0. The van der Waals surface area contributed by atoms with Crippen molar-refractivity contribution in [3.05, 3.63) is 5.92 Å². The molecule has 0 aromatic heterocycles. The highest BCUT2D eigenvalue weighted by Crippen LogP contribution is 2.34. The molecule has 12 heavy (non-hydrogen) atoms. The molecule has 0 heteroatoms. The minimum Gasteiger partial charge on any atom is -0.0584 e. The molecule has 0 aliphatic rings. The minimum atomic E-state index is 0.738. The van der Waals surface area contributed by atoms with Crippen molar-refractivity contribution >= 4 is 0 Å². The Balaban J connectivity index is 4.30. The van der Waals surface area contributed by atoms with Crippen molar-refractivity contribution in [3.63, 3.8) is 0 Å². The lowest BCUT2D eigenvalue weighted by Crippen LogP contribution is -2.24. The quantitative estimate of drug-likeness (QED) is 0.554. The van der Waals surface area contributed by atoms with Crippen molar-refractivity contribution in [3.8, 4) is 0 Å². The van der Waals surface area contributed by atoms with E-state index in [2.05, 4.69) is 48.5 Å². The molecule has 0 fully saturated rings. The first-order valence-corrected chi connectivity index (χ1v) is 5.24. The molecule has 0 aromatic carbocycles. The van der Waals surface area contributed by atoms with E-state index in [0.29, 0.717) is 0 Å². The highest BCUT2D eigenvalue weighted by molar-refractivity contribution is 5.01. The fraction of sp³-hybridized carbons (Fsp3) is 0.917. The van der Waals surface area contributed by atoms with Gasteiger partial charge in [0.1, 0.15) is 5.92 Å². The maximum Gasteiger partial charge on any atom is 0.100 e. The highest BCUT2D eigenvalue weighted by Gasteiger charge is 2.36. The standard InChI is InChI=1S/C12H25/c1-8(2)11(7)12(9(3)4)10(5)6/h8-11H,1-7H3/q+1. The summed E-state index contributed by atoms with van der Waals surface area (Å²) in [5.74, 6) is 4.75. The van der Waals surface area contributed by atoms with Crippen molar-refractivity contribution in [2.45, 2.75) is 48.5 Å². The third kappa shape index (κ3) is 3.08. The molecule has 0 radical (unpaired) electrons. The van der Waals surface area contributed by atoms with Gasteiger partial charge in [-0.2, -0.15) is 0 Å². The Kier molecular flexibility index (Phi) is 4.74. The van der Waals surface area contributed by atoms with Gasteiger partial charge < -0.3 is 0 Å². The van der Waals surface area contributed by atoms with E-state index in [4.69, 9.17) is 0 Å². The van der Waals surface area contributed by atoms with Gasteiger partial charge in [0.05, 0.1) is 17.8 Å². The van der Waals surface area contributed by atoms with Crippen molar-refractivity contribution in [1.82, 2.24) is 0 Å². The van der Waals surface area contributed by atoms with Gasteiger partial charge in [-0.25, -0.2) is 0 Å². The van der Waals surface area contributed by atoms with Crippen molar-refractivity contribution in [2.75, 3.05) is 0 Å². The molecule has 0 aromatic rings. The Bertz CT molecular complexity index is 103. The van der Waals surface area contributed by atoms with Gasteiger partial charge in [-0.05, 0) is 40.5 Å². The second-order valence-electron chi connectivity index (χ2n) is 4.84. The van der Waals surface area contributed by atoms with Crippen molar-refractivity contribution < 1.29 is 0 Å². The zero-order valence-electron chi connectivity index (χ0n) is 9.81. The second kappa shape index (κ2) is 4.79. The van der Waals surface area contributed by atoms with E-state index in [1.165, 1.54) is 0 Å². The molecule has 0 N–H and O–H groups in total. The van der Waals surface area contributed by atoms with Gasteiger partial charge in [-0.1, -0.05) is 13.8 Å². The average molecular weight is 169 g/mol. The molecule has 72 valence electrons. The maximum atomic E-state index is 2.36. The summed E-state index contributed by atoms with van der Waals surface area (Å²) >= 11 is 0. The summed E-state index contributed by atoms with van der Waals surface area (Å²) in [5.41, 5.74) is 0. The molecule has 0 aliphatic heterocycles. The predicted octanol–water partition coefficient (Wildman–Crippen LogP) is 4.16. The van der Waals surface area contributed by atoms with Crippen LogP contribution in [0.3, 0.4) is 0 Å². The van der Waals surface area contributed by atoms with Gasteiger partial charge in [-0.15, -0.1) is 0 Å². The predicted molar refractivity (Wildman–Crippen MR) is 56.9 cm³/mol. The molecule has 0 saturated carbocycles. The van der Waals surface area contributed by atoms with Crippen molar-refractivity contribution in [2.24, 2.45) is 23.7 Å². The Labute approximate surface area is 78.8 Å². The lowest BCUT2D eigenvalue weighted by molar-refractivity contribution is 0.326. The summed E-state index contributed by atoms with van der Waals surface area (Å²) in [4.78, 5) is 0. The van der Waals surface area contributed by atoms with Gasteiger partial charge in [0, 0.05) is 0 Å². The Hall–Kier alpha value is -0.130. The van der Waals surface area contributed by atoms with E-state index in [1.807, 2.05) is 0 Å². The van der Waals surface area contributed by atoms with Crippen LogP contribution in [0.4, 0.5) is 0 Å². The van der Waals surface area contributed by atoms with E-state index in [9.17, 15) is 0 Å². The zero-order valence-corrected chi connectivity index (χ0v) is 9.81. The van der Waals surface area contributed by atoms with E-state index >= 15 is 0 Å². The molecule has 0 rings (SSSR count). The van der Waals surface area contributed by atoms with E-state index < -0.39 is 0 Å². The van der Waals surface area contributed by atoms with Gasteiger partial charge in [0.15, 0.2) is 0 Å². The topological polar surface area (TPSA) is 0 Å². The van der Waals surface area contributed by atoms with Gasteiger partial charge >= 0.3 is 0 Å². The van der Waals surface area contributed by atoms with E-state index in [0.717, 1.165) is 23.7 Å². The number of hydrogen-bond donors (Lipinski definition) is 0. The molecule has 0 spiro atoms. The molecular formula is C12H25+. The Morgan fingerprint density at radius 3 is 1.08 bits per heavy atom. The van der Waals surface area contributed by atoms with Crippen LogP contribution in [0.15, 0.2) is 0 Å². The summed E-state index contributed by atoms with van der Waals surface area (Å²) in [5, 5.41) is 0. The average Bonchev–Trinajstić information content (AvgIpc) is 1.85. The van der Waals surface area contributed by atoms with Crippen LogP contribution in [0.5, 0.6) is 0 Å². The van der Waals surface area contributed by atoms with Crippen LogP contribution in [0, 0.1) is 29.6 Å². The van der Waals surface area contributed by atoms with Gasteiger partial charge in [0.25, 0.3) is 0 Å². The van der Waals surface area contributed by atoms with Crippen LogP contribution in [0.1, 0.15) is 48.5 Å². The molecular weight excluding hydrogens is 144 g/mol. The van der Waals surface area contributed by atoms with Crippen LogP contribution in [-0.4, -0.2) is 0 Å². The van der Waals surface area contributed by atoms with Crippen LogP contribution in [-0.2, 0) is 0 Å². The number of hydrogen-bond acceptors (Lipinski definition) is 0. The normalized spacial score (nSPS) is 14.5. The van der Waals surface area contributed by atoms with Gasteiger partial charge in [-0.3, -0.25) is 0 Å². The first kappa shape index (κ1) is 11.9. The minimum absolute atomic E-state index is 0.738. The molecule has 0 nitrogen and oxygen atoms in total. The highest BCUT2D eigenvalue weighted by atomic mass is 14.3. The smallest absolute Gasteiger partial charge is 0.0584 e. The third-order valence-electron chi connectivity index (χ3n) is 2.86. The molecule has 1 atom stereocenters. The van der Waals surface area contributed by atoms with E-state index in [1.54, 1.807) is 5.92 Å². The largest absolute Gasteiger partial charge is 0.100 e. The first-order chi connectivity index (χ1) is 5.37. The summed E-state index contributed by atoms with van der Waals surface area (Å²) in [6.07, 6.45) is 0. The fourth-order valence-corrected chi connectivity index (χ4v) is 2.10. The first-order valence-electron chi connectivity index (χ1n) is 5.24. The molecule has 0 bridgehead atoms. The lowest BCUT2D eigenvalue weighted by Gasteiger charge is -2.22. The summed E-state index contributed by atoms with van der Waals surface area (Å²) < 4.78 is 0. The lowest BCUT2D eigenvalue weighted by atomic mass is 9.72. The zero-order chi connectivity index (χ0) is 9.89. The fourth-order valence-electron chi connectivity index (χ4n) is 2.10. The summed E-state index contributed by atoms with van der Waals surface area (Å²) in [6.45, 7) is 16.2. The molecule has 0 heterocycles. The SMILES string of the molecule is CC(C)[C+](C(C)C)C(C)C(C)C. The third-order valence-corrected chi connectivity index (χ3v) is 2.86. The van der Waals surface area contributed by atoms with Crippen LogP contribution in [0.2, 0.25) is 0 Å². The second-order valence-corrected chi connectivity index (χ2v) is 4.84. The number of rotatable bonds is 4. The van der Waals surface area contributed by atoms with Crippen molar-refractivity contribution in [1.29, 1.82) is 0 Å². The van der Waals surface area contributed by atoms with E-state index in [-0.39, 0.29) is 0 Å². The molecule has 1 unspecified atom stereocenters. The van der Waals surface area contributed by atoms with Crippen LogP contribution >= 0.6 is 0 Å². The molecule has 0 saturated heterocycles. The summed E-state index contributed by atoms with van der Waals surface area (Å²) in [7, 11) is 0. The van der Waals surface area contributed by atoms with Gasteiger partial charge in [0.2, 0.25) is 0 Å². The Morgan fingerprint density at radius 1 is 0.667 bits per heavy atom. The Morgan fingerprint density at radius 2 is 1.00 bits per heavy atom. The van der Waals surface area contributed by atoms with Crippen LogP contribution in [0.25, 0.3) is 0 Å².